The van der Waals surface area contributed by atoms with Crippen molar-refractivity contribution in [3.8, 4) is 0 Å². The van der Waals surface area contributed by atoms with Gasteiger partial charge >= 0.3 is 0 Å². The number of hydrogen-bond acceptors (Lipinski definition) is 1. The van der Waals surface area contributed by atoms with Crippen LogP contribution >= 0.6 is 11.6 Å². The van der Waals surface area contributed by atoms with Gasteiger partial charge in [-0.05, 0) is 6.07 Å². The van der Waals surface area contributed by atoms with E-state index in [-0.39, 0.29) is 0 Å². The van der Waals surface area contributed by atoms with Gasteiger partial charge in [-0.25, -0.2) is 0 Å². The number of anilines is 2. The van der Waals surface area contributed by atoms with Crippen LogP contribution in [-0.2, 0) is 0 Å². The molecule has 0 amide bonds. The van der Waals surface area contributed by atoms with Crippen molar-refractivity contribution in [1.82, 2.24) is 0 Å². The van der Waals surface area contributed by atoms with E-state index < -0.39 is 0 Å². The summed E-state index contributed by atoms with van der Waals surface area (Å²) in [4.78, 5) is 0. The number of hydrogen-bond donors (Lipinski definition) is 1. The normalized spacial score (nSPS) is 10.1. The molecule has 0 fully saturated rings. The molecule has 14 heavy (non-hydrogen) atoms. The van der Waals surface area contributed by atoms with E-state index in [1.54, 1.807) is 0 Å². The van der Waals surface area contributed by atoms with Crippen molar-refractivity contribution in [2.24, 2.45) is 0 Å². The molecule has 2 rings (SSSR count). The van der Waals surface area contributed by atoms with Gasteiger partial charge in [0.15, 0.2) is 11.4 Å². The summed E-state index contributed by atoms with van der Waals surface area (Å²) in [5.41, 5.74) is 2.07. The van der Waals surface area contributed by atoms with Gasteiger partial charge in [-0.2, -0.15) is 0 Å². The Bertz CT molecular complexity index is 412. The van der Waals surface area contributed by atoms with Gasteiger partial charge in [0, 0.05) is 29.3 Å². The Morgan fingerprint density at radius 1 is 0.786 bits per heavy atom. The van der Waals surface area contributed by atoms with E-state index in [1.165, 1.54) is 0 Å². The average molecular weight is 204 g/mol. The van der Waals surface area contributed by atoms with Crippen LogP contribution in [0.5, 0.6) is 0 Å². The van der Waals surface area contributed by atoms with Crippen molar-refractivity contribution < 1.29 is 5.32 Å². The number of benzene rings is 2. The molecule has 0 heterocycles. The second kappa shape index (κ2) is 4.27. The highest BCUT2D eigenvalue weighted by atomic mass is 35.5. The van der Waals surface area contributed by atoms with Crippen LogP contribution in [0.4, 0.5) is 11.4 Å². The van der Waals surface area contributed by atoms with Gasteiger partial charge in [-0.3, -0.25) is 0 Å². The molecule has 2 aromatic rings. The maximum absolute atomic E-state index is 5.87. The Morgan fingerprint density at radius 3 is 2.21 bits per heavy atom. The highest BCUT2D eigenvalue weighted by molar-refractivity contribution is 6.30. The van der Waals surface area contributed by atoms with Gasteiger partial charge in [0.05, 0.1) is 0 Å². The predicted molar refractivity (Wildman–Crippen MR) is 58.2 cm³/mol. The first kappa shape index (κ1) is 9.25. The molecule has 0 aliphatic heterocycles. The molecule has 0 saturated heterocycles. The third kappa shape index (κ3) is 2.34. The molecular weight excluding hydrogens is 194 g/mol. The van der Waals surface area contributed by atoms with Crippen molar-refractivity contribution in [1.29, 1.82) is 0 Å². The largest absolute Gasteiger partial charge is 0.186 e. The smallest absolute Gasteiger partial charge is 0.110 e. The highest BCUT2D eigenvalue weighted by Crippen LogP contribution is 2.12. The molecule has 0 aliphatic carbocycles. The van der Waals surface area contributed by atoms with E-state index in [0.717, 1.165) is 16.4 Å². The molecule has 0 unspecified atom stereocenters. The lowest BCUT2D eigenvalue weighted by Crippen LogP contribution is -2.70. The van der Waals surface area contributed by atoms with Gasteiger partial charge in [-0.1, -0.05) is 35.9 Å². The first-order valence-electron chi connectivity index (χ1n) is 4.42. The molecule has 1 radical (unpaired) electrons. The summed E-state index contributed by atoms with van der Waals surface area (Å²) < 4.78 is 0. The van der Waals surface area contributed by atoms with Gasteiger partial charge in [0.1, 0.15) is 0 Å². The van der Waals surface area contributed by atoms with Crippen molar-refractivity contribution in [3.63, 3.8) is 0 Å². The zero-order valence-electron chi connectivity index (χ0n) is 7.57. The predicted octanol–water partition coefficient (Wildman–Crippen LogP) is 2.65. The van der Waals surface area contributed by atoms with Crippen LogP contribution in [0.15, 0.2) is 54.6 Å². The summed E-state index contributed by atoms with van der Waals surface area (Å²) in [6.45, 7) is 0. The second-order valence-electron chi connectivity index (χ2n) is 3.00. The number of rotatable bonds is 2. The van der Waals surface area contributed by atoms with Gasteiger partial charge in [0.2, 0.25) is 0 Å². The maximum Gasteiger partial charge on any atom is 0.186 e. The van der Waals surface area contributed by atoms with Crippen LogP contribution in [0.25, 0.3) is 0 Å². The Balaban J connectivity index is 2.19. The number of para-hydroxylation sites is 1. The van der Waals surface area contributed by atoms with Crippen molar-refractivity contribution in [2.45, 2.75) is 0 Å². The lowest BCUT2D eigenvalue weighted by molar-refractivity contribution is -0.478. The molecule has 0 aromatic heterocycles. The Morgan fingerprint density at radius 2 is 1.50 bits per heavy atom. The van der Waals surface area contributed by atoms with Crippen LogP contribution in [0.3, 0.4) is 0 Å². The second-order valence-corrected chi connectivity index (χ2v) is 3.44. The minimum atomic E-state index is 0.742. The SMILES string of the molecule is Clc1cccc([NH+]c2ccccc2)c1. The minimum absolute atomic E-state index is 0.742. The van der Waals surface area contributed by atoms with Crippen LogP contribution in [-0.4, -0.2) is 0 Å². The van der Waals surface area contributed by atoms with Crippen LogP contribution in [0.1, 0.15) is 0 Å². The molecular formula is C12H10ClN+. The Labute approximate surface area is 88.3 Å². The first-order valence-corrected chi connectivity index (χ1v) is 4.80. The standard InChI is InChI=1S/C12H10ClN/c13-10-5-4-8-12(9-10)14-11-6-2-1-3-7-11/h1-9,14H/q+1. The van der Waals surface area contributed by atoms with E-state index in [1.807, 2.05) is 54.6 Å². The van der Waals surface area contributed by atoms with E-state index in [4.69, 9.17) is 11.6 Å². The average Bonchev–Trinajstić information content (AvgIpc) is 2.19. The number of halogens is 1. The van der Waals surface area contributed by atoms with Gasteiger partial charge in [-0.15, -0.1) is 5.32 Å². The monoisotopic (exact) mass is 203 g/mol. The van der Waals surface area contributed by atoms with Crippen LogP contribution in [0, 0.1) is 0 Å². The lowest BCUT2D eigenvalue weighted by Gasteiger charge is -1.94. The Kier molecular flexibility index (Phi) is 2.82. The Hall–Kier alpha value is -1.31. The molecule has 1 nitrogen and oxygen atoms in total. The molecule has 69 valence electrons. The zero-order valence-corrected chi connectivity index (χ0v) is 8.33. The lowest BCUT2D eigenvalue weighted by atomic mass is 10.3. The van der Waals surface area contributed by atoms with Crippen molar-refractivity contribution in [3.05, 3.63) is 59.6 Å². The molecule has 1 N–H and O–H groups in total. The molecule has 2 heteroatoms. The first-order chi connectivity index (χ1) is 6.84. The van der Waals surface area contributed by atoms with E-state index >= 15 is 0 Å². The summed E-state index contributed by atoms with van der Waals surface area (Å²) in [5, 5.41) is 4.00. The fraction of sp³-hybridized carbons (Fsp3) is 0. The maximum atomic E-state index is 5.87. The third-order valence-electron chi connectivity index (χ3n) is 1.89. The summed E-state index contributed by atoms with van der Waals surface area (Å²) in [7, 11) is 0. The summed E-state index contributed by atoms with van der Waals surface area (Å²) in [5.74, 6) is 0. The molecule has 0 aliphatic rings. The molecule has 0 atom stereocenters. The third-order valence-corrected chi connectivity index (χ3v) is 2.12. The summed E-state index contributed by atoms with van der Waals surface area (Å²) in [6, 6.07) is 17.7. The van der Waals surface area contributed by atoms with Crippen LogP contribution < -0.4 is 5.32 Å². The molecule has 0 bridgehead atoms. The molecule has 2 aromatic carbocycles. The molecule has 0 saturated carbocycles. The highest BCUT2D eigenvalue weighted by Gasteiger charge is 2.03. The summed E-state index contributed by atoms with van der Waals surface area (Å²) in [6.07, 6.45) is 0. The van der Waals surface area contributed by atoms with E-state index in [2.05, 4.69) is 5.32 Å². The number of nitrogens with one attached hydrogen (secondary N) is 1. The topological polar surface area (TPSA) is 15.6 Å². The van der Waals surface area contributed by atoms with Crippen LogP contribution in [0.2, 0.25) is 5.02 Å². The minimum Gasteiger partial charge on any atom is -0.110 e. The molecule has 0 spiro atoms. The van der Waals surface area contributed by atoms with Crippen molar-refractivity contribution in [2.75, 3.05) is 0 Å². The zero-order chi connectivity index (χ0) is 9.80. The fourth-order valence-electron chi connectivity index (χ4n) is 1.25. The van der Waals surface area contributed by atoms with Gasteiger partial charge in [0.25, 0.3) is 0 Å². The quantitative estimate of drug-likeness (QED) is 0.773. The summed E-state index contributed by atoms with van der Waals surface area (Å²) >= 11 is 5.87. The van der Waals surface area contributed by atoms with Crippen molar-refractivity contribution >= 4 is 23.0 Å². The van der Waals surface area contributed by atoms with E-state index in [0.29, 0.717) is 0 Å². The van der Waals surface area contributed by atoms with E-state index in [9.17, 15) is 0 Å². The van der Waals surface area contributed by atoms with Gasteiger partial charge < -0.3 is 0 Å². The fourth-order valence-corrected chi connectivity index (χ4v) is 1.44.